The molecule has 1 rings (SSSR count). The van der Waals surface area contributed by atoms with Gasteiger partial charge in [0.1, 0.15) is 6.29 Å². The van der Waals surface area contributed by atoms with E-state index < -0.39 is 16.6 Å². The molecule has 0 bridgehead atoms. The van der Waals surface area contributed by atoms with Crippen LogP contribution in [0.1, 0.15) is 122 Å². The van der Waals surface area contributed by atoms with Gasteiger partial charge in [0.05, 0.1) is 24.9 Å². The summed E-state index contributed by atoms with van der Waals surface area (Å²) in [6.45, 7) is 34.8. The molecule has 1 aliphatic rings. The van der Waals surface area contributed by atoms with E-state index in [1.165, 1.54) is 16.7 Å². The molecule has 0 unspecified atom stereocenters. The van der Waals surface area contributed by atoms with Crippen LogP contribution in [0.25, 0.3) is 0 Å². The molecular weight excluding hydrogens is 577 g/mol. The monoisotopic (exact) mass is 646 g/mol. The SMILES string of the molecule is C=C(CO[Si](C(C)C)(C(C)C)C(C)C)/C(C)=C/C=C(\C)[C@H](CC[C@@H]1C[C@@H](C)[C@H](/C(C)=C/CCC=O)O1)O[Si](CC)(CC)CC. The van der Waals surface area contributed by atoms with E-state index in [1.54, 1.807) is 0 Å². The Hall–Kier alpha value is -1.06. The van der Waals surface area contributed by atoms with Crippen LogP contribution in [-0.2, 0) is 18.4 Å². The first-order chi connectivity index (χ1) is 20.6. The van der Waals surface area contributed by atoms with Crippen molar-refractivity contribution in [2.45, 2.75) is 175 Å². The molecule has 254 valence electrons. The zero-order valence-corrected chi connectivity index (χ0v) is 33.1. The van der Waals surface area contributed by atoms with Crippen molar-refractivity contribution in [2.75, 3.05) is 6.61 Å². The Balaban J connectivity index is 3.10. The molecule has 0 amide bonds. The lowest BCUT2D eigenvalue weighted by Crippen LogP contribution is -2.48. The van der Waals surface area contributed by atoms with Crippen molar-refractivity contribution in [1.82, 2.24) is 0 Å². The maximum absolute atomic E-state index is 10.8. The number of carbonyl (C=O) groups excluding carboxylic acids is 1. The number of rotatable bonds is 21. The average molecular weight is 647 g/mol. The van der Waals surface area contributed by atoms with Crippen LogP contribution in [0.4, 0.5) is 0 Å². The Kier molecular flexibility index (Phi) is 18.2. The summed E-state index contributed by atoms with van der Waals surface area (Å²) in [5, 5.41) is 0. The van der Waals surface area contributed by atoms with Gasteiger partial charge < -0.3 is 18.4 Å². The van der Waals surface area contributed by atoms with E-state index in [2.05, 4.69) is 115 Å². The lowest BCUT2D eigenvalue weighted by Gasteiger charge is -2.42. The molecule has 0 saturated carbocycles. The van der Waals surface area contributed by atoms with Gasteiger partial charge >= 0.3 is 0 Å². The fraction of sp³-hybridized carbons (Fsp3) is 0.763. The summed E-state index contributed by atoms with van der Waals surface area (Å²) in [7, 11) is -3.74. The molecule has 0 aromatic rings. The van der Waals surface area contributed by atoms with E-state index in [1.807, 2.05) is 0 Å². The van der Waals surface area contributed by atoms with Crippen LogP contribution in [0, 0.1) is 5.92 Å². The van der Waals surface area contributed by atoms with Gasteiger partial charge in [-0.1, -0.05) is 94.0 Å². The van der Waals surface area contributed by atoms with Crippen molar-refractivity contribution >= 4 is 22.9 Å². The van der Waals surface area contributed by atoms with Crippen LogP contribution < -0.4 is 0 Å². The molecule has 0 aliphatic carbocycles. The van der Waals surface area contributed by atoms with Gasteiger partial charge in [0, 0.05) is 6.42 Å². The minimum Gasteiger partial charge on any atom is -0.412 e. The highest BCUT2D eigenvalue weighted by Gasteiger charge is 2.45. The molecule has 0 radical (unpaired) electrons. The average Bonchev–Trinajstić information content (AvgIpc) is 3.36. The van der Waals surface area contributed by atoms with Crippen LogP contribution in [0.15, 0.2) is 47.1 Å². The Bertz CT molecular complexity index is 943. The topological polar surface area (TPSA) is 44.8 Å². The first-order valence-corrected chi connectivity index (χ1v) is 22.4. The fourth-order valence-corrected chi connectivity index (χ4v) is 15.8. The van der Waals surface area contributed by atoms with E-state index in [9.17, 15) is 4.79 Å². The predicted molar refractivity (Wildman–Crippen MR) is 196 cm³/mol. The number of aldehydes is 1. The van der Waals surface area contributed by atoms with E-state index >= 15 is 0 Å². The number of unbranched alkanes of at least 4 members (excludes halogenated alkanes) is 1. The summed E-state index contributed by atoms with van der Waals surface area (Å²) in [5.74, 6) is 0.488. The molecule has 0 aromatic carbocycles. The van der Waals surface area contributed by atoms with Gasteiger partial charge in [-0.3, -0.25) is 0 Å². The molecule has 1 aliphatic heterocycles. The molecule has 4 atom stereocenters. The van der Waals surface area contributed by atoms with Crippen molar-refractivity contribution < 1.29 is 18.4 Å². The quantitative estimate of drug-likeness (QED) is 0.0409. The molecule has 1 fully saturated rings. The summed E-state index contributed by atoms with van der Waals surface area (Å²) < 4.78 is 20.6. The van der Waals surface area contributed by atoms with Crippen molar-refractivity contribution in [1.29, 1.82) is 0 Å². The molecule has 0 N–H and O–H groups in total. The Morgan fingerprint density at radius 1 is 0.932 bits per heavy atom. The summed E-state index contributed by atoms with van der Waals surface area (Å²) in [6.07, 6.45) is 12.6. The van der Waals surface area contributed by atoms with Crippen molar-refractivity contribution in [3.63, 3.8) is 0 Å². The van der Waals surface area contributed by atoms with Gasteiger partial charge in [0.15, 0.2) is 8.32 Å². The van der Waals surface area contributed by atoms with Crippen LogP contribution >= 0.6 is 0 Å². The van der Waals surface area contributed by atoms with Crippen molar-refractivity contribution in [3.05, 3.63) is 47.1 Å². The van der Waals surface area contributed by atoms with Gasteiger partial charge in [-0.25, -0.2) is 0 Å². The molecular formula is C38H70O4Si2. The van der Waals surface area contributed by atoms with Gasteiger partial charge in [-0.15, -0.1) is 0 Å². The molecule has 1 heterocycles. The van der Waals surface area contributed by atoms with Gasteiger partial charge in [-0.05, 0) is 109 Å². The standard InChI is InChI=1S/C38H70O4Si2/c1-15-43(16-2,17-3)42-37(24-23-36-26-34(13)38(41-36)33(12)20-18-19-25-39)32(11)22-21-31(10)35(14)27-40-44(28(4)5,29(6)7)30(8)9/h20-22,25,28-30,34,36-38H,14-19,23-24,26-27H2,1-13H3/b31-21+,32-22+,33-20+/t34-,36-,37+,38+/m1/s1. The second kappa shape index (κ2) is 19.6. The van der Waals surface area contributed by atoms with Crippen LogP contribution in [-0.4, -0.2) is 47.8 Å². The lowest BCUT2D eigenvalue weighted by atomic mass is 9.94. The third-order valence-corrected chi connectivity index (χ3v) is 21.3. The largest absolute Gasteiger partial charge is 0.412 e. The number of ether oxygens (including phenoxy) is 1. The number of allylic oxidation sites excluding steroid dienone is 3. The summed E-state index contributed by atoms with van der Waals surface area (Å²) >= 11 is 0. The van der Waals surface area contributed by atoms with Crippen molar-refractivity contribution in [3.8, 4) is 0 Å². The highest BCUT2D eigenvalue weighted by Crippen LogP contribution is 2.42. The van der Waals surface area contributed by atoms with Gasteiger partial charge in [-0.2, -0.15) is 0 Å². The van der Waals surface area contributed by atoms with Crippen molar-refractivity contribution in [2.24, 2.45) is 5.92 Å². The highest BCUT2D eigenvalue weighted by molar-refractivity contribution is 6.77. The smallest absolute Gasteiger partial charge is 0.200 e. The Labute approximate surface area is 275 Å². The maximum atomic E-state index is 10.8. The summed E-state index contributed by atoms with van der Waals surface area (Å²) in [4.78, 5) is 10.8. The molecule has 44 heavy (non-hydrogen) atoms. The second-order valence-electron chi connectivity index (χ2n) is 14.5. The minimum absolute atomic E-state index is 0.0974. The summed E-state index contributed by atoms with van der Waals surface area (Å²) in [6, 6.07) is 3.43. The first-order valence-electron chi connectivity index (χ1n) is 17.7. The highest BCUT2D eigenvalue weighted by atomic mass is 28.4. The Morgan fingerprint density at radius 2 is 1.50 bits per heavy atom. The Morgan fingerprint density at radius 3 is 2.00 bits per heavy atom. The zero-order chi connectivity index (χ0) is 33.7. The lowest BCUT2D eigenvalue weighted by molar-refractivity contribution is -0.107. The third-order valence-electron chi connectivity index (χ3n) is 10.6. The number of hydrogen-bond acceptors (Lipinski definition) is 4. The zero-order valence-electron chi connectivity index (χ0n) is 31.1. The van der Waals surface area contributed by atoms with E-state index in [0.29, 0.717) is 35.6 Å². The molecule has 0 aromatic heterocycles. The van der Waals surface area contributed by atoms with E-state index in [4.69, 9.17) is 13.6 Å². The maximum Gasteiger partial charge on any atom is 0.200 e. The van der Waals surface area contributed by atoms with Crippen LogP contribution in [0.3, 0.4) is 0 Å². The molecule has 6 heteroatoms. The van der Waals surface area contributed by atoms with E-state index in [-0.39, 0.29) is 18.3 Å². The molecule has 1 saturated heterocycles. The number of hydrogen-bond donors (Lipinski definition) is 0. The minimum atomic E-state index is -1.94. The van der Waals surface area contributed by atoms with Gasteiger partial charge in [0.25, 0.3) is 0 Å². The van der Waals surface area contributed by atoms with Gasteiger partial charge in [0.2, 0.25) is 8.32 Å². The molecule has 0 spiro atoms. The fourth-order valence-electron chi connectivity index (χ4n) is 7.50. The number of carbonyl (C=O) groups is 1. The summed E-state index contributed by atoms with van der Waals surface area (Å²) in [5.41, 5.74) is 6.48. The first kappa shape index (κ1) is 41.0. The molecule has 4 nitrogen and oxygen atoms in total. The second-order valence-corrected chi connectivity index (χ2v) is 24.7. The third kappa shape index (κ3) is 11.3. The van der Waals surface area contributed by atoms with E-state index in [0.717, 1.165) is 55.7 Å². The van der Waals surface area contributed by atoms with Crippen LogP contribution in [0.2, 0.25) is 34.8 Å². The predicted octanol–water partition coefficient (Wildman–Crippen LogP) is 11.5. The normalized spacial score (nSPS) is 21.5. The van der Waals surface area contributed by atoms with Crippen LogP contribution in [0.5, 0.6) is 0 Å².